The normalized spacial score (nSPS) is 18.2. The van der Waals surface area contributed by atoms with Crippen molar-refractivity contribution in [3.8, 4) is 0 Å². The lowest BCUT2D eigenvalue weighted by molar-refractivity contribution is 0.285. The van der Waals surface area contributed by atoms with Gasteiger partial charge in [-0.15, -0.1) is 0 Å². The lowest BCUT2D eigenvalue weighted by Gasteiger charge is -2.27. The molecule has 0 unspecified atom stereocenters. The minimum Gasteiger partial charge on any atom is -0.399 e. The van der Waals surface area contributed by atoms with Crippen LogP contribution >= 0.6 is 0 Å². The van der Waals surface area contributed by atoms with Crippen LogP contribution in [0.2, 0.25) is 0 Å². The van der Waals surface area contributed by atoms with Crippen LogP contribution in [-0.4, -0.2) is 15.0 Å². The summed E-state index contributed by atoms with van der Waals surface area (Å²) in [7, 11) is -3.29. The van der Waals surface area contributed by atoms with Crippen LogP contribution in [0.15, 0.2) is 24.3 Å². The zero-order chi connectivity index (χ0) is 14.6. The first-order valence-electron chi connectivity index (χ1n) is 7.26. The van der Waals surface area contributed by atoms with Crippen LogP contribution in [-0.2, 0) is 15.8 Å². The maximum Gasteiger partial charge on any atom is 0.215 e. The van der Waals surface area contributed by atoms with Crippen LogP contribution in [0, 0.1) is 5.41 Å². The van der Waals surface area contributed by atoms with Gasteiger partial charge in [0.1, 0.15) is 0 Å². The quantitative estimate of drug-likeness (QED) is 0.793. The van der Waals surface area contributed by atoms with Crippen LogP contribution < -0.4 is 10.5 Å². The molecule has 1 saturated carbocycles. The standard InChI is InChI=1S/C15H24N2O2S/c1-2-15(8-3-4-9-15)12-17-20(18,19)11-13-6-5-7-14(16)10-13/h5-7,10,17H,2-4,8-9,11-12,16H2,1H3. The fourth-order valence-electron chi connectivity index (χ4n) is 3.00. The number of hydrogen-bond acceptors (Lipinski definition) is 3. The molecule has 1 aliphatic carbocycles. The number of nitrogens with one attached hydrogen (secondary N) is 1. The molecule has 1 aromatic rings. The summed E-state index contributed by atoms with van der Waals surface area (Å²) in [5.41, 5.74) is 7.17. The predicted molar refractivity (Wildman–Crippen MR) is 82.7 cm³/mol. The molecular weight excluding hydrogens is 272 g/mol. The highest BCUT2D eigenvalue weighted by Gasteiger charge is 2.32. The van der Waals surface area contributed by atoms with Gasteiger partial charge in [0, 0.05) is 12.2 Å². The molecular formula is C15H24N2O2S. The van der Waals surface area contributed by atoms with E-state index in [1.165, 1.54) is 12.8 Å². The third kappa shape index (κ3) is 3.96. The van der Waals surface area contributed by atoms with Gasteiger partial charge in [-0.2, -0.15) is 0 Å². The molecule has 0 atom stereocenters. The molecule has 1 fully saturated rings. The van der Waals surface area contributed by atoms with Gasteiger partial charge in [0.25, 0.3) is 0 Å². The van der Waals surface area contributed by atoms with E-state index in [1.807, 2.05) is 0 Å². The summed E-state index contributed by atoms with van der Waals surface area (Å²) >= 11 is 0. The zero-order valence-corrected chi connectivity index (χ0v) is 12.9. The molecule has 1 aliphatic rings. The van der Waals surface area contributed by atoms with E-state index >= 15 is 0 Å². The van der Waals surface area contributed by atoms with Crippen molar-refractivity contribution in [3.63, 3.8) is 0 Å². The van der Waals surface area contributed by atoms with E-state index in [2.05, 4.69) is 11.6 Å². The number of hydrogen-bond donors (Lipinski definition) is 2. The van der Waals surface area contributed by atoms with Gasteiger partial charge < -0.3 is 5.73 Å². The second-order valence-corrected chi connectivity index (χ2v) is 7.69. The minimum atomic E-state index is -3.29. The highest BCUT2D eigenvalue weighted by Crippen LogP contribution is 2.40. The van der Waals surface area contributed by atoms with Crippen molar-refractivity contribution < 1.29 is 8.42 Å². The minimum absolute atomic E-state index is 0.00215. The van der Waals surface area contributed by atoms with Crippen LogP contribution in [0.3, 0.4) is 0 Å². The zero-order valence-electron chi connectivity index (χ0n) is 12.1. The fourth-order valence-corrected chi connectivity index (χ4v) is 4.24. The molecule has 4 nitrogen and oxygen atoms in total. The molecule has 1 aromatic carbocycles. The highest BCUT2D eigenvalue weighted by atomic mass is 32.2. The summed E-state index contributed by atoms with van der Waals surface area (Å²) in [6.45, 7) is 2.71. The Morgan fingerprint density at radius 3 is 2.60 bits per heavy atom. The third-order valence-electron chi connectivity index (χ3n) is 4.39. The second-order valence-electron chi connectivity index (χ2n) is 5.89. The van der Waals surface area contributed by atoms with Crippen LogP contribution in [0.1, 0.15) is 44.6 Å². The van der Waals surface area contributed by atoms with Crippen molar-refractivity contribution in [2.24, 2.45) is 5.41 Å². The summed E-state index contributed by atoms with van der Waals surface area (Å²) in [5.74, 6) is -0.00215. The van der Waals surface area contributed by atoms with E-state index < -0.39 is 10.0 Å². The van der Waals surface area contributed by atoms with Crippen molar-refractivity contribution >= 4 is 15.7 Å². The Balaban J connectivity index is 1.97. The summed E-state index contributed by atoms with van der Waals surface area (Å²) in [6, 6.07) is 7.05. The molecule has 112 valence electrons. The first-order chi connectivity index (χ1) is 9.45. The largest absolute Gasteiger partial charge is 0.399 e. The lowest BCUT2D eigenvalue weighted by atomic mass is 9.84. The van der Waals surface area contributed by atoms with Crippen LogP contribution in [0.5, 0.6) is 0 Å². The Kier molecular flexibility index (Phi) is 4.70. The summed E-state index contributed by atoms with van der Waals surface area (Å²) in [4.78, 5) is 0. The number of nitrogens with two attached hydrogens (primary N) is 1. The molecule has 0 heterocycles. The molecule has 0 radical (unpaired) electrons. The molecule has 0 amide bonds. The molecule has 0 saturated heterocycles. The SMILES string of the molecule is CCC1(CNS(=O)(=O)Cc2cccc(N)c2)CCCC1. The molecule has 0 bridgehead atoms. The van der Waals surface area contributed by atoms with E-state index in [0.717, 1.165) is 24.8 Å². The predicted octanol–water partition coefficient (Wildman–Crippen LogP) is 2.66. The van der Waals surface area contributed by atoms with Gasteiger partial charge in [-0.25, -0.2) is 13.1 Å². The topological polar surface area (TPSA) is 72.2 Å². The summed E-state index contributed by atoms with van der Waals surface area (Å²) in [6.07, 6.45) is 5.72. The van der Waals surface area contributed by atoms with E-state index in [1.54, 1.807) is 24.3 Å². The molecule has 2 rings (SSSR count). The van der Waals surface area contributed by atoms with Gasteiger partial charge in [0.2, 0.25) is 10.0 Å². The van der Waals surface area contributed by atoms with Crippen LogP contribution in [0.4, 0.5) is 5.69 Å². The van der Waals surface area contributed by atoms with E-state index in [-0.39, 0.29) is 11.2 Å². The van der Waals surface area contributed by atoms with E-state index in [4.69, 9.17) is 5.73 Å². The molecule has 5 heteroatoms. The molecule has 0 aromatic heterocycles. The number of nitrogen functional groups attached to an aromatic ring is 1. The fraction of sp³-hybridized carbons (Fsp3) is 0.600. The van der Waals surface area contributed by atoms with Gasteiger partial charge in [-0.3, -0.25) is 0 Å². The van der Waals surface area contributed by atoms with E-state index in [9.17, 15) is 8.42 Å². The second kappa shape index (κ2) is 6.14. The molecule has 20 heavy (non-hydrogen) atoms. The summed E-state index contributed by atoms with van der Waals surface area (Å²) < 4.78 is 27.1. The van der Waals surface area contributed by atoms with Crippen LogP contribution in [0.25, 0.3) is 0 Å². The van der Waals surface area contributed by atoms with Crippen molar-refractivity contribution in [1.82, 2.24) is 4.72 Å². The maximum absolute atomic E-state index is 12.2. The number of anilines is 1. The molecule has 0 spiro atoms. The molecule has 0 aliphatic heterocycles. The van der Waals surface area contributed by atoms with Crippen molar-refractivity contribution in [1.29, 1.82) is 0 Å². The van der Waals surface area contributed by atoms with Crippen molar-refractivity contribution in [2.45, 2.75) is 44.8 Å². The Morgan fingerprint density at radius 2 is 2.00 bits per heavy atom. The average Bonchev–Trinajstić information content (AvgIpc) is 2.86. The van der Waals surface area contributed by atoms with Gasteiger partial charge in [-0.05, 0) is 42.4 Å². The summed E-state index contributed by atoms with van der Waals surface area (Å²) in [5, 5.41) is 0. The Bertz CT molecular complexity index is 549. The van der Waals surface area contributed by atoms with Gasteiger partial charge in [0.15, 0.2) is 0 Å². The van der Waals surface area contributed by atoms with Crippen molar-refractivity contribution in [3.05, 3.63) is 29.8 Å². The van der Waals surface area contributed by atoms with Gasteiger partial charge in [0.05, 0.1) is 5.75 Å². The molecule has 3 N–H and O–H groups in total. The van der Waals surface area contributed by atoms with Gasteiger partial charge in [-0.1, -0.05) is 31.9 Å². The monoisotopic (exact) mass is 296 g/mol. The Hall–Kier alpha value is -1.07. The highest BCUT2D eigenvalue weighted by molar-refractivity contribution is 7.88. The van der Waals surface area contributed by atoms with E-state index in [0.29, 0.717) is 12.2 Å². The maximum atomic E-state index is 12.2. The lowest BCUT2D eigenvalue weighted by Crippen LogP contribution is -2.36. The van der Waals surface area contributed by atoms with Gasteiger partial charge >= 0.3 is 0 Å². The third-order valence-corrected chi connectivity index (χ3v) is 5.69. The average molecular weight is 296 g/mol. The first-order valence-corrected chi connectivity index (χ1v) is 8.92. The number of benzene rings is 1. The van der Waals surface area contributed by atoms with Crippen molar-refractivity contribution in [2.75, 3.05) is 12.3 Å². The Labute approximate surface area is 121 Å². The number of rotatable bonds is 6. The smallest absolute Gasteiger partial charge is 0.215 e. The first kappa shape index (κ1) is 15.3. The Morgan fingerprint density at radius 1 is 1.30 bits per heavy atom. The number of sulfonamides is 1.